The molecule has 7 heteroatoms. The van der Waals surface area contributed by atoms with Gasteiger partial charge in [0.05, 0.1) is 19.8 Å². The van der Waals surface area contributed by atoms with Gasteiger partial charge in [-0.1, -0.05) is 23.7 Å². The van der Waals surface area contributed by atoms with Crippen molar-refractivity contribution in [2.75, 3.05) is 14.2 Å². The Kier molecular flexibility index (Phi) is 9.76. The number of ether oxygens (including phenoxy) is 2. The lowest BCUT2D eigenvalue weighted by Crippen LogP contribution is -1.91. The Bertz CT molecular complexity index is 1650. The largest absolute Gasteiger partial charge is 0.497 e. The number of benzene rings is 4. The van der Waals surface area contributed by atoms with Gasteiger partial charge in [-0.25, -0.2) is 13.2 Å². The molecule has 4 aromatic carbocycles. The van der Waals surface area contributed by atoms with Crippen LogP contribution >= 0.6 is 0 Å². The summed E-state index contributed by atoms with van der Waals surface area (Å²) in [5.74, 6) is 10.3. The molecule has 0 radical (unpaired) electrons. The normalized spacial score (nSPS) is 9.21. The second-order valence-corrected chi connectivity index (χ2v) is 7.69. The van der Waals surface area contributed by atoms with Crippen molar-refractivity contribution in [2.45, 2.75) is 0 Å². The minimum absolute atomic E-state index is 0.0231. The van der Waals surface area contributed by atoms with Gasteiger partial charge >= 0.3 is 0 Å². The van der Waals surface area contributed by atoms with Crippen LogP contribution in [0.25, 0.3) is 0 Å². The maximum Gasteiger partial charge on any atom is 0.145 e. The summed E-state index contributed by atoms with van der Waals surface area (Å²) in [6.45, 7) is 0. The van der Waals surface area contributed by atoms with Crippen LogP contribution in [-0.4, -0.2) is 14.2 Å². The van der Waals surface area contributed by atoms with Gasteiger partial charge in [-0.2, -0.15) is 10.5 Å². The van der Waals surface area contributed by atoms with Crippen molar-refractivity contribution >= 4 is 0 Å². The third-order valence-corrected chi connectivity index (χ3v) is 5.13. The van der Waals surface area contributed by atoms with E-state index < -0.39 is 23.0 Å². The van der Waals surface area contributed by atoms with Gasteiger partial charge in [0.25, 0.3) is 0 Å². The van der Waals surface area contributed by atoms with Crippen LogP contribution in [0.15, 0.2) is 78.9 Å². The Balaban J connectivity index is 0.000000216. The van der Waals surface area contributed by atoms with E-state index in [9.17, 15) is 13.2 Å². The Morgan fingerprint density at radius 3 is 1.33 bits per heavy atom. The standard InChI is InChI=1S/C16H9F2NO.C16H10FNO/c1-20-13-6-4-11(5-7-13)2-3-12-8-15(17)14(10-19)16(18)9-12;1-19-15-8-5-12(6-9-15)2-3-13-4-7-14(11-18)16(17)10-13/h4-9H,1H3;4-10H,1H3. The van der Waals surface area contributed by atoms with E-state index in [-0.39, 0.29) is 11.1 Å². The summed E-state index contributed by atoms with van der Waals surface area (Å²) in [6, 6.07) is 23.8. The number of nitriles is 2. The van der Waals surface area contributed by atoms with Crippen LogP contribution < -0.4 is 9.47 Å². The quantitative estimate of drug-likeness (QED) is 0.289. The first-order chi connectivity index (χ1) is 18.9. The number of methoxy groups -OCH3 is 2. The van der Waals surface area contributed by atoms with Gasteiger partial charge in [0.2, 0.25) is 0 Å². The molecule has 0 spiro atoms. The minimum Gasteiger partial charge on any atom is -0.497 e. The van der Waals surface area contributed by atoms with E-state index >= 15 is 0 Å². The molecule has 0 aromatic heterocycles. The first-order valence-corrected chi connectivity index (χ1v) is 11.3. The van der Waals surface area contributed by atoms with E-state index in [0.717, 1.165) is 23.4 Å². The Morgan fingerprint density at radius 1 is 0.513 bits per heavy atom. The molecule has 0 aliphatic rings. The van der Waals surface area contributed by atoms with Crippen molar-refractivity contribution in [3.63, 3.8) is 0 Å². The molecule has 0 aliphatic heterocycles. The van der Waals surface area contributed by atoms with Gasteiger partial charge in [0, 0.05) is 22.3 Å². The number of hydrogen-bond donors (Lipinski definition) is 0. The van der Waals surface area contributed by atoms with Crippen LogP contribution in [0.1, 0.15) is 33.4 Å². The third kappa shape index (κ3) is 7.93. The highest BCUT2D eigenvalue weighted by Crippen LogP contribution is 2.15. The zero-order valence-electron chi connectivity index (χ0n) is 20.9. The van der Waals surface area contributed by atoms with Crippen LogP contribution in [0, 0.1) is 63.8 Å². The van der Waals surface area contributed by atoms with Gasteiger partial charge in [-0.15, -0.1) is 0 Å². The third-order valence-electron chi connectivity index (χ3n) is 5.13. The zero-order valence-corrected chi connectivity index (χ0v) is 20.9. The van der Waals surface area contributed by atoms with Crippen molar-refractivity contribution in [2.24, 2.45) is 0 Å². The monoisotopic (exact) mass is 520 g/mol. The topological polar surface area (TPSA) is 66.0 Å². The lowest BCUT2D eigenvalue weighted by Gasteiger charge is -1.98. The second-order valence-electron chi connectivity index (χ2n) is 7.69. The summed E-state index contributed by atoms with van der Waals surface area (Å²) in [5, 5.41) is 17.2. The fourth-order valence-electron chi connectivity index (χ4n) is 3.07. The van der Waals surface area contributed by atoms with E-state index in [1.165, 1.54) is 18.2 Å². The van der Waals surface area contributed by atoms with Gasteiger partial charge in [0.15, 0.2) is 0 Å². The summed E-state index contributed by atoms with van der Waals surface area (Å²) < 4.78 is 50.2. The molecule has 0 atom stereocenters. The molecule has 0 amide bonds. The van der Waals surface area contributed by atoms with Crippen molar-refractivity contribution in [1.29, 1.82) is 10.5 Å². The summed E-state index contributed by atoms with van der Waals surface area (Å²) >= 11 is 0. The number of nitrogens with zero attached hydrogens (tertiary/aromatic N) is 2. The van der Waals surface area contributed by atoms with Gasteiger partial charge in [-0.05, 0) is 78.9 Å². The molecule has 0 fully saturated rings. The minimum atomic E-state index is -0.911. The molecular weight excluding hydrogens is 501 g/mol. The summed E-state index contributed by atoms with van der Waals surface area (Å²) in [7, 11) is 3.16. The molecule has 0 heterocycles. The van der Waals surface area contributed by atoms with Crippen molar-refractivity contribution in [1.82, 2.24) is 0 Å². The van der Waals surface area contributed by atoms with Crippen LogP contribution in [0.5, 0.6) is 11.5 Å². The summed E-state index contributed by atoms with van der Waals surface area (Å²) in [6.07, 6.45) is 0. The lowest BCUT2D eigenvalue weighted by atomic mass is 10.1. The average molecular weight is 521 g/mol. The Morgan fingerprint density at radius 2 is 0.923 bits per heavy atom. The van der Waals surface area contributed by atoms with Crippen LogP contribution in [0.2, 0.25) is 0 Å². The SMILES string of the molecule is COc1ccc(C#Cc2cc(F)c(C#N)c(F)c2)cc1.COc1ccc(C#Cc2ccc(C#N)c(F)c2)cc1. The molecule has 4 rings (SSSR count). The molecule has 0 unspecified atom stereocenters. The second kappa shape index (κ2) is 13.6. The highest BCUT2D eigenvalue weighted by Gasteiger charge is 2.09. The van der Waals surface area contributed by atoms with E-state index in [0.29, 0.717) is 16.9 Å². The maximum atomic E-state index is 13.4. The molecule has 0 N–H and O–H groups in total. The summed E-state index contributed by atoms with van der Waals surface area (Å²) in [5.41, 5.74) is 1.64. The maximum absolute atomic E-state index is 13.4. The number of halogens is 3. The van der Waals surface area contributed by atoms with Gasteiger partial charge in [-0.3, -0.25) is 0 Å². The van der Waals surface area contributed by atoms with E-state index in [1.807, 2.05) is 24.3 Å². The van der Waals surface area contributed by atoms with E-state index in [2.05, 4.69) is 23.7 Å². The van der Waals surface area contributed by atoms with Gasteiger partial charge in [0.1, 0.15) is 46.7 Å². The van der Waals surface area contributed by atoms with Crippen molar-refractivity contribution in [3.05, 3.63) is 130 Å². The first-order valence-electron chi connectivity index (χ1n) is 11.3. The Labute approximate surface area is 224 Å². The zero-order chi connectivity index (χ0) is 28.2. The molecule has 4 nitrogen and oxygen atoms in total. The number of rotatable bonds is 2. The molecule has 0 saturated heterocycles. The molecule has 0 aliphatic carbocycles. The lowest BCUT2D eigenvalue weighted by molar-refractivity contribution is 0.414. The van der Waals surface area contributed by atoms with E-state index in [1.54, 1.807) is 50.6 Å². The molecule has 39 heavy (non-hydrogen) atoms. The predicted molar refractivity (Wildman–Crippen MR) is 140 cm³/mol. The fourth-order valence-corrected chi connectivity index (χ4v) is 3.07. The molecule has 0 bridgehead atoms. The summed E-state index contributed by atoms with van der Waals surface area (Å²) in [4.78, 5) is 0. The van der Waals surface area contributed by atoms with Crippen molar-refractivity contribution in [3.8, 4) is 47.3 Å². The molecular formula is C32H19F3N2O2. The highest BCUT2D eigenvalue weighted by molar-refractivity contribution is 5.48. The molecule has 4 aromatic rings. The first kappa shape index (κ1) is 27.9. The molecule has 190 valence electrons. The average Bonchev–Trinajstić information content (AvgIpc) is 2.96. The van der Waals surface area contributed by atoms with Gasteiger partial charge < -0.3 is 9.47 Å². The van der Waals surface area contributed by atoms with Crippen LogP contribution in [-0.2, 0) is 0 Å². The van der Waals surface area contributed by atoms with Crippen LogP contribution in [0.3, 0.4) is 0 Å². The number of hydrogen-bond acceptors (Lipinski definition) is 4. The Hall–Kier alpha value is -5.63. The van der Waals surface area contributed by atoms with Crippen LogP contribution in [0.4, 0.5) is 13.2 Å². The van der Waals surface area contributed by atoms with E-state index in [4.69, 9.17) is 20.0 Å². The fraction of sp³-hybridized carbons (Fsp3) is 0.0625. The van der Waals surface area contributed by atoms with Crippen molar-refractivity contribution < 1.29 is 22.6 Å². The molecule has 0 saturated carbocycles. The smallest absolute Gasteiger partial charge is 0.145 e. The highest BCUT2D eigenvalue weighted by atomic mass is 19.1. The predicted octanol–water partition coefficient (Wildman–Crippen LogP) is 6.35.